The molecule has 0 spiro atoms. The highest BCUT2D eigenvalue weighted by molar-refractivity contribution is 5.83. The molecule has 1 heterocycles. The van der Waals surface area contributed by atoms with Crippen molar-refractivity contribution in [3.8, 4) is 17.1 Å². The van der Waals surface area contributed by atoms with E-state index in [2.05, 4.69) is 5.10 Å². The number of nitrogens with one attached hydrogen (secondary N) is 1. The number of aromatic hydroxyl groups is 1. The summed E-state index contributed by atoms with van der Waals surface area (Å²) in [4.78, 5) is 36.7. The SMILES string of the molecule is CCC(=O)[C@@H](N)Cc1ccc(O)c(-n2[nH]c(=O)n(-c3ccccc3)c2=O)c1. The Hall–Kier alpha value is -3.39. The number of carbonyl (C=O) groups excluding carboxylic acids is 1. The van der Waals surface area contributed by atoms with Crippen molar-refractivity contribution in [3.63, 3.8) is 0 Å². The maximum Gasteiger partial charge on any atom is 0.356 e. The van der Waals surface area contributed by atoms with E-state index in [1.807, 2.05) is 0 Å². The average Bonchev–Trinajstić information content (AvgIpc) is 2.97. The van der Waals surface area contributed by atoms with Crippen LogP contribution in [0.15, 0.2) is 58.1 Å². The second-order valence-electron chi connectivity index (χ2n) is 6.16. The van der Waals surface area contributed by atoms with Crippen LogP contribution < -0.4 is 17.1 Å². The van der Waals surface area contributed by atoms with Crippen LogP contribution in [0, 0.1) is 0 Å². The molecule has 0 aliphatic heterocycles. The zero-order valence-corrected chi connectivity index (χ0v) is 14.8. The molecule has 3 rings (SSSR count). The summed E-state index contributed by atoms with van der Waals surface area (Å²) in [6.07, 6.45) is 0.594. The fourth-order valence-corrected chi connectivity index (χ4v) is 2.85. The molecule has 0 saturated carbocycles. The molecule has 8 nitrogen and oxygen atoms in total. The summed E-state index contributed by atoms with van der Waals surface area (Å²) in [7, 11) is 0. The van der Waals surface area contributed by atoms with E-state index < -0.39 is 17.4 Å². The van der Waals surface area contributed by atoms with Crippen LogP contribution in [0.3, 0.4) is 0 Å². The number of H-pyrrole nitrogens is 1. The van der Waals surface area contributed by atoms with Gasteiger partial charge in [0.2, 0.25) is 0 Å². The Labute approximate surface area is 154 Å². The largest absolute Gasteiger partial charge is 0.506 e. The molecule has 0 bridgehead atoms. The van der Waals surface area contributed by atoms with E-state index in [1.165, 1.54) is 12.1 Å². The van der Waals surface area contributed by atoms with Gasteiger partial charge in [-0.3, -0.25) is 4.79 Å². The van der Waals surface area contributed by atoms with E-state index >= 15 is 0 Å². The first kappa shape index (κ1) is 18.4. The molecule has 2 aromatic carbocycles. The van der Waals surface area contributed by atoms with Gasteiger partial charge in [0.1, 0.15) is 17.2 Å². The summed E-state index contributed by atoms with van der Waals surface area (Å²) in [6, 6.07) is 12.3. The van der Waals surface area contributed by atoms with Crippen LogP contribution >= 0.6 is 0 Å². The number of ketones is 1. The number of Topliss-reactive ketones (excluding diaryl/α,β-unsaturated/α-hetero) is 1. The highest BCUT2D eigenvalue weighted by atomic mass is 16.3. The third-order valence-electron chi connectivity index (χ3n) is 4.31. The molecule has 1 aromatic heterocycles. The summed E-state index contributed by atoms with van der Waals surface area (Å²) in [5, 5.41) is 12.6. The number of nitrogens with two attached hydrogens (primary N) is 1. The van der Waals surface area contributed by atoms with Crippen molar-refractivity contribution in [3.05, 3.63) is 75.1 Å². The van der Waals surface area contributed by atoms with E-state index in [4.69, 9.17) is 5.73 Å². The molecule has 0 unspecified atom stereocenters. The van der Waals surface area contributed by atoms with E-state index in [-0.39, 0.29) is 23.6 Å². The number of phenolic OH excluding ortho intramolecular Hbond substituents is 1. The van der Waals surface area contributed by atoms with Crippen LogP contribution in [0.25, 0.3) is 11.4 Å². The van der Waals surface area contributed by atoms with Gasteiger partial charge in [-0.2, -0.15) is 4.68 Å². The molecule has 4 N–H and O–H groups in total. The summed E-state index contributed by atoms with van der Waals surface area (Å²) in [5.74, 6) is -0.261. The maximum absolute atomic E-state index is 12.7. The predicted molar refractivity (Wildman–Crippen MR) is 101 cm³/mol. The number of aromatic amines is 1. The minimum Gasteiger partial charge on any atom is -0.506 e. The van der Waals surface area contributed by atoms with Crippen molar-refractivity contribution in [2.45, 2.75) is 25.8 Å². The second-order valence-corrected chi connectivity index (χ2v) is 6.16. The van der Waals surface area contributed by atoms with Crippen molar-refractivity contribution >= 4 is 5.78 Å². The van der Waals surface area contributed by atoms with Crippen molar-refractivity contribution in [2.75, 3.05) is 0 Å². The third-order valence-corrected chi connectivity index (χ3v) is 4.31. The van der Waals surface area contributed by atoms with E-state index in [0.29, 0.717) is 17.7 Å². The van der Waals surface area contributed by atoms with Gasteiger partial charge in [-0.15, -0.1) is 0 Å². The van der Waals surface area contributed by atoms with Crippen molar-refractivity contribution in [1.29, 1.82) is 0 Å². The monoisotopic (exact) mass is 368 g/mol. The lowest BCUT2D eigenvalue weighted by Crippen LogP contribution is -2.32. The number of rotatable bonds is 6. The fraction of sp³-hybridized carbons (Fsp3) is 0.211. The molecule has 1 atom stereocenters. The smallest absolute Gasteiger partial charge is 0.356 e. The molecule has 0 aliphatic carbocycles. The molecule has 8 heteroatoms. The molecule has 27 heavy (non-hydrogen) atoms. The predicted octanol–water partition coefficient (Wildman–Crippen LogP) is 0.871. The summed E-state index contributed by atoms with van der Waals surface area (Å²) in [6.45, 7) is 1.74. The minimum atomic E-state index is -0.669. The Morgan fingerprint density at radius 2 is 1.89 bits per heavy atom. The topological polar surface area (TPSA) is 123 Å². The molecular weight excluding hydrogens is 348 g/mol. The van der Waals surface area contributed by atoms with Gasteiger partial charge in [0.05, 0.1) is 11.7 Å². The number of phenols is 1. The molecule has 3 aromatic rings. The van der Waals surface area contributed by atoms with Crippen LogP contribution in [0.4, 0.5) is 0 Å². The normalized spacial score (nSPS) is 12.1. The molecule has 0 aliphatic rings. The standard InChI is InChI=1S/C19H20N4O4/c1-2-16(24)14(20)10-12-8-9-17(25)15(11-12)23-19(27)22(18(26)21-23)13-6-4-3-5-7-13/h3-9,11,14,25H,2,10,20H2,1H3,(H,21,26)/t14-/m0/s1. The molecule has 0 radical (unpaired) electrons. The van der Waals surface area contributed by atoms with E-state index in [1.54, 1.807) is 43.3 Å². The molecular formula is C19H20N4O4. The quantitative estimate of drug-likeness (QED) is 0.596. The Bertz CT molecular complexity index is 1080. The molecule has 0 amide bonds. The van der Waals surface area contributed by atoms with Gasteiger partial charge in [0.25, 0.3) is 0 Å². The zero-order valence-electron chi connectivity index (χ0n) is 14.8. The molecule has 140 valence electrons. The third kappa shape index (κ3) is 3.61. The highest BCUT2D eigenvalue weighted by Crippen LogP contribution is 2.22. The van der Waals surface area contributed by atoms with Gasteiger partial charge in [0, 0.05) is 6.42 Å². The van der Waals surface area contributed by atoms with Crippen LogP contribution in [0.2, 0.25) is 0 Å². The van der Waals surface area contributed by atoms with Gasteiger partial charge in [0.15, 0.2) is 0 Å². The zero-order chi connectivity index (χ0) is 19.6. The fourth-order valence-electron chi connectivity index (χ4n) is 2.85. The number of carbonyl (C=O) groups is 1. The van der Waals surface area contributed by atoms with Crippen LogP contribution in [0.1, 0.15) is 18.9 Å². The van der Waals surface area contributed by atoms with Crippen molar-refractivity contribution in [2.24, 2.45) is 5.73 Å². The van der Waals surface area contributed by atoms with Crippen LogP contribution in [-0.2, 0) is 11.2 Å². The number of benzene rings is 2. The molecule has 0 saturated heterocycles. The van der Waals surface area contributed by atoms with Gasteiger partial charge < -0.3 is 10.8 Å². The number of para-hydroxylation sites is 1. The number of nitrogens with zero attached hydrogens (tertiary/aromatic N) is 2. The van der Waals surface area contributed by atoms with E-state index in [0.717, 1.165) is 9.25 Å². The lowest BCUT2D eigenvalue weighted by molar-refractivity contribution is -0.119. The Kier molecular flexibility index (Phi) is 5.09. The number of hydrogen-bond donors (Lipinski definition) is 3. The maximum atomic E-state index is 12.7. The Morgan fingerprint density at radius 1 is 1.19 bits per heavy atom. The van der Waals surface area contributed by atoms with Gasteiger partial charge in [-0.1, -0.05) is 31.2 Å². The first-order valence-electron chi connectivity index (χ1n) is 8.52. The van der Waals surface area contributed by atoms with Crippen molar-refractivity contribution in [1.82, 2.24) is 14.3 Å². The van der Waals surface area contributed by atoms with Gasteiger partial charge >= 0.3 is 11.4 Å². The van der Waals surface area contributed by atoms with Crippen LogP contribution in [0.5, 0.6) is 5.75 Å². The van der Waals surface area contributed by atoms with Crippen molar-refractivity contribution < 1.29 is 9.90 Å². The minimum absolute atomic E-state index is 0.0783. The first-order chi connectivity index (χ1) is 12.9. The summed E-state index contributed by atoms with van der Waals surface area (Å²) in [5.41, 5.74) is 5.79. The van der Waals surface area contributed by atoms with Crippen LogP contribution in [-0.4, -0.2) is 31.3 Å². The summed E-state index contributed by atoms with van der Waals surface area (Å²) >= 11 is 0. The summed E-state index contributed by atoms with van der Waals surface area (Å²) < 4.78 is 1.94. The first-order valence-corrected chi connectivity index (χ1v) is 8.52. The number of hydrogen-bond acceptors (Lipinski definition) is 5. The lowest BCUT2D eigenvalue weighted by atomic mass is 10.0. The van der Waals surface area contributed by atoms with Gasteiger partial charge in [-0.05, 0) is 36.2 Å². The Morgan fingerprint density at radius 3 is 2.56 bits per heavy atom. The number of aromatic nitrogens is 3. The average molecular weight is 368 g/mol. The Balaban J connectivity index is 2.05. The second kappa shape index (κ2) is 7.46. The highest BCUT2D eigenvalue weighted by Gasteiger charge is 2.17. The van der Waals surface area contributed by atoms with Gasteiger partial charge in [-0.25, -0.2) is 19.3 Å². The molecule has 0 fully saturated rings. The van der Waals surface area contributed by atoms with E-state index in [9.17, 15) is 19.5 Å². The lowest BCUT2D eigenvalue weighted by Gasteiger charge is -2.11.